The number of nitrogens with zero attached hydrogens (tertiary/aromatic N) is 1. The van der Waals surface area contributed by atoms with Gasteiger partial charge in [-0.15, -0.1) is 0 Å². The summed E-state index contributed by atoms with van der Waals surface area (Å²) in [6.07, 6.45) is 3.35. The standard InChI is InChI=1S/C19H20ClFN4O4/c1-22-18(27)15-16(29-9-23-15)19(28)24-12-5-2-10(3-6-12)17(26)25-14-7-4-11(21)8-13(14)20/h4,7-10,12H,2-3,5-6H2,1H3,(H,22,27)(H,24,28)(H,25,26)/t10-,12-. The highest BCUT2D eigenvalue weighted by Gasteiger charge is 2.29. The summed E-state index contributed by atoms with van der Waals surface area (Å²) >= 11 is 5.94. The van der Waals surface area contributed by atoms with Crippen LogP contribution in [0.1, 0.15) is 46.7 Å². The summed E-state index contributed by atoms with van der Waals surface area (Å²) in [6.45, 7) is 0. The third-order valence-corrected chi connectivity index (χ3v) is 5.15. The molecule has 0 aliphatic heterocycles. The van der Waals surface area contributed by atoms with Gasteiger partial charge >= 0.3 is 0 Å². The van der Waals surface area contributed by atoms with Crippen LogP contribution in [0.5, 0.6) is 0 Å². The predicted molar refractivity (Wildman–Crippen MR) is 103 cm³/mol. The summed E-state index contributed by atoms with van der Waals surface area (Å²) in [5.74, 6) is -2.09. The third-order valence-electron chi connectivity index (χ3n) is 4.84. The van der Waals surface area contributed by atoms with Crippen molar-refractivity contribution >= 4 is 35.0 Å². The van der Waals surface area contributed by atoms with E-state index in [2.05, 4.69) is 20.9 Å². The summed E-state index contributed by atoms with van der Waals surface area (Å²) in [6, 6.07) is 3.64. The number of hydrogen-bond acceptors (Lipinski definition) is 5. The number of halogens is 2. The van der Waals surface area contributed by atoms with Crippen LogP contribution in [0.25, 0.3) is 0 Å². The highest BCUT2D eigenvalue weighted by Crippen LogP contribution is 2.28. The Morgan fingerprint density at radius 2 is 1.90 bits per heavy atom. The lowest BCUT2D eigenvalue weighted by Gasteiger charge is -2.28. The van der Waals surface area contributed by atoms with Crippen molar-refractivity contribution in [1.29, 1.82) is 0 Å². The maximum atomic E-state index is 13.1. The average molecular weight is 423 g/mol. The molecule has 29 heavy (non-hydrogen) atoms. The van der Waals surface area contributed by atoms with Gasteiger partial charge in [0.25, 0.3) is 11.8 Å². The van der Waals surface area contributed by atoms with Gasteiger partial charge in [0.15, 0.2) is 12.1 Å². The van der Waals surface area contributed by atoms with Gasteiger partial charge in [-0.1, -0.05) is 11.6 Å². The van der Waals surface area contributed by atoms with Gasteiger partial charge in [0.2, 0.25) is 11.7 Å². The van der Waals surface area contributed by atoms with Crippen LogP contribution in [0.4, 0.5) is 10.1 Å². The SMILES string of the molecule is CNC(=O)c1ncoc1C(=O)N[C@H]1CC[C@H](C(=O)Nc2ccc(F)cc2Cl)CC1. The van der Waals surface area contributed by atoms with Crippen molar-refractivity contribution in [3.8, 4) is 0 Å². The van der Waals surface area contributed by atoms with E-state index in [9.17, 15) is 18.8 Å². The Hall–Kier alpha value is -2.94. The molecular formula is C19H20ClFN4O4. The van der Waals surface area contributed by atoms with Crippen molar-refractivity contribution in [2.45, 2.75) is 31.7 Å². The van der Waals surface area contributed by atoms with Crippen LogP contribution in [0.3, 0.4) is 0 Å². The van der Waals surface area contributed by atoms with E-state index in [1.54, 1.807) is 0 Å². The minimum Gasteiger partial charge on any atom is -0.437 e. The molecule has 2 aromatic rings. The van der Waals surface area contributed by atoms with Crippen LogP contribution in [0, 0.1) is 11.7 Å². The topological polar surface area (TPSA) is 113 Å². The molecule has 1 fully saturated rings. The summed E-state index contributed by atoms with van der Waals surface area (Å²) in [4.78, 5) is 40.3. The van der Waals surface area contributed by atoms with Gasteiger partial charge in [-0.25, -0.2) is 9.37 Å². The molecule has 0 bridgehead atoms. The molecule has 0 atom stereocenters. The average Bonchev–Trinajstić information content (AvgIpc) is 3.20. The summed E-state index contributed by atoms with van der Waals surface area (Å²) in [5.41, 5.74) is 0.287. The van der Waals surface area contributed by atoms with Gasteiger partial charge < -0.3 is 20.4 Å². The zero-order valence-electron chi connectivity index (χ0n) is 15.6. The largest absolute Gasteiger partial charge is 0.437 e. The van der Waals surface area contributed by atoms with E-state index in [1.165, 1.54) is 19.2 Å². The molecule has 3 N–H and O–H groups in total. The van der Waals surface area contributed by atoms with Crippen LogP contribution in [-0.4, -0.2) is 35.8 Å². The quantitative estimate of drug-likeness (QED) is 0.685. The Morgan fingerprint density at radius 1 is 1.17 bits per heavy atom. The number of oxazole rings is 1. The second-order valence-electron chi connectivity index (χ2n) is 6.74. The van der Waals surface area contributed by atoms with Gasteiger partial charge in [0, 0.05) is 19.0 Å². The highest BCUT2D eigenvalue weighted by molar-refractivity contribution is 6.33. The molecular weight excluding hydrogens is 403 g/mol. The monoisotopic (exact) mass is 422 g/mol. The third kappa shape index (κ3) is 4.92. The molecule has 0 spiro atoms. The fourth-order valence-corrected chi connectivity index (χ4v) is 3.48. The molecule has 3 rings (SSSR count). The number of rotatable bonds is 5. The minimum atomic E-state index is -0.521. The Morgan fingerprint density at radius 3 is 2.55 bits per heavy atom. The van der Waals surface area contributed by atoms with Crippen molar-refractivity contribution in [2.75, 3.05) is 12.4 Å². The molecule has 1 aliphatic carbocycles. The molecule has 0 radical (unpaired) electrons. The summed E-state index contributed by atoms with van der Waals surface area (Å²) in [5, 5.41) is 8.07. The van der Waals surface area contributed by atoms with Gasteiger partial charge in [0.05, 0.1) is 10.7 Å². The first-order chi connectivity index (χ1) is 13.9. The second-order valence-corrected chi connectivity index (χ2v) is 7.15. The van der Waals surface area contributed by atoms with E-state index < -0.39 is 17.6 Å². The Kier molecular flexibility index (Phi) is 6.48. The second kappa shape index (κ2) is 9.04. The number of aromatic nitrogens is 1. The van der Waals surface area contributed by atoms with E-state index in [1.807, 2.05) is 0 Å². The zero-order chi connectivity index (χ0) is 21.0. The van der Waals surface area contributed by atoms with Crippen molar-refractivity contribution in [2.24, 2.45) is 5.92 Å². The summed E-state index contributed by atoms with van der Waals surface area (Å²) in [7, 11) is 1.43. The Bertz CT molecular complexity index is 925. The Labute approximate surface area is 171 Å². The van der Waals surface area contributed by atoms with Crippen LogP contribution in [-0.2, 0) is 4.79 Å². The van der Waals surface area contributed by atoms with Gasteiger partial charge in [-0.2, -0.15) is 0 Å². The molecule has 1 aromatic heterocycles. The lowest BCUT2D eigenvalue weighted by Crippen LogP contribution is -2.40. The molecule has 1 aromatic carbocycles. The van der Waals surface area contributed by atoms with Crippen LogP contribution >= 0.6 is 11.6 Å². The smallest absolute Gasteiger partial charge is 0.289 e. The molecule has 154 valence electrons. The van der Waals surface area contributed by atoms with Gasteiger partial charge in [0.1, 0.15) is 5.82 Å². The lowest BCUT2D eigenvalue weighted by atomic mass is 9.85. The van der Waals surface area contributed by atoms with E-state index in [-0.39, 0.29) is 34.3 Å². The maximum Gasteiger partial charge on any atom is 0.289 e. The first kappa shape index (κ1) is 20.8. The van der Waals surface area contributed by atoms with E-state index in [4.69, 9.17) is 16.0 Å². The number of nitrogens with one attached hydrogen (secondary N) is 3. The predicted octanol–water partition coefficient (Wildman–Crippen LogP) is 2.75. The molecule has 0 saturated heterocycles. The number of carbonyl (C=O) groups is 3. The zero-order valence-corrected chi connectivity index (χ0v) is 16.4. The van der Waals surface area contributed by atoms with Crippen molar-refractivity contribution < 1.29 is 23.2 Å². The van der Waals surface area contributed by atoms with Crippen molar-refractivity contribution in [3.63, 3.8) is 0 Å². The number of anilines is 1. The first-order valence-corrected chi connectivity index (χ1v) is 9.49. The maximum absolute atomic E-state index is 13.1. The number of carbonyl (C=O) groups excluding carboxylic acids is 3. The number of hydrogen-bond donors (Lipinski definition) is 3. The number of benzene rings is 1. The van der Waals surface area contributed by atoms with Crippen LogP contribution in [0.15, 0.2) is 29.0 Å². The van der Waals surface area contributed by atoms with E-state index in [0.29, 0.717) is 31.4 Å². The molecule has 0 unspecified atom stereocenters. The fraction of sp³-hybridized carbons (Fsp3) is 0.368. The fourth-order valence-electron chi connectivity index (χ4n) is 3.26. The normalized spacial score (nSPS) is 18.7. The molecule has 1 aliphatic rings. The molecule has 8 nitrogen and oxygen atoms in total. The van der Waals surface area contributed by atoms with E-state index >= 15 is 0 Å². The van der Waals surface area contributed by atoms with Crippen LogP contribution in [0.2, 0.25) is 5.02 Å². The van der Waals surface area contributed by atoms with Crippen LogP contribution < -0.4 is 16.0 Å². The molecule has 1 saturated carbocycles. The van der Waals surface area contributed by atoms with Crippen molar-refractivity contribution in [1.82, 2.24) is 15.6 Å². The summed E-state index contributed by atoms with van der Waals surface area (Å²) < 4.78 is 18.2. The van der Waals surface area contributed by atoms with Gasteiger partial charge in [-0.05, 0) is 43.9 Å². The molecule has 3 amide bonds. The highest BCUT2D eigenvalue weighted by atomic mass is 35.5. The molecule has 10 heteroatoms. The van der Waals surface area contributed by atoms with E-state index in [0.717, 1.165) is 12.5 Å². The minimum absolute atomic E-state index is 0.0748. The molecule has 1 heterocycles. The van der Waals surface area contributed by atoms with Gasteiger partial charge in [-0.3, -0.25) is 14.4 Å². The lowest BCUT2D eigenvalue weighted by molar-refractivity contribution is -0.120. The Balaban J connectivity index is 1.52. The number of amides is 3. The van der Waals surface area contributed by atoms with Crippen molar-refractivity contribution in [3.05, 3.63) is 46.9 Å². The first-order valence-electron chi connectivity index (χ1n) is 9.11.